The molecular weight excluding hydrogens is 516 g/mol. The van der Waals surface area contributed by atoms with Crippen LogP contribution in [0.5, 0.6) is 0 Å². The van der Waals surface area contributed by atoms with Gasteiger partial charge in [0.1, 0.15) is 5.92 Å². The zero-order valence-corrected chi connectivity index (χ0v) is 25.9. The van der Waals surface area contributed by atoms with Gasteiger partial charge in [-0.3, -0.25) is 14.4 Å². The van der Waals surface area contributed by atoms with E-state index in [-0.39, 0.29) is 5.91 Å². The zero-order valence-electron chi connectivity index (χ0n) is 25.1. The Morgan fingerprint density at radius 3 is 2.03 bits per heavy atom. The Morgan fingerprint density at radius 1 is 1.13 bits per heavy atom. The first kappa shape index (κ1) is 38.3. The van der Waals surface area contributed by atoms with Gasteiger partial charge in [0.2, 0.25) is 12.3 Å². The Hall–Kier alpha value is -2.81. The minimum Gasteiger partial charge on any atom is -0.480 e. The molecular formula is C28H50N6O4S. The first-order valence-electron chi connectivity index (χ1n) is 13.3. The van der Waals surface area contributed by atoms with E-state index in [9.17, 15) is 14.4 Å². The molecule has 1 aromatic carbocycles. The Morgan fingerprint density at radius 2 is 1.67 bits per heavy atom. The standard InChI is InChI=1S/C10H14N2O.C8H18N2.C6H13NOS.C4H5NO2/c1-8(2)12-10-5-3-9(4-6-10)11-7-13;1-3-4-10-7-5-9(2)6-8-10;1-4-7(2)6(8)5-9-3;1-3(2-5)4(6)7/h3-8,12H,1-2H3,(H,11,13);3-8H2,1-2H3;4-5H2,1-3H3;3H,1H3,(H,6,7). The molecule has 1 fully saturated rings. The van der Waals surface area contributed by atoms with Gasteiger partial charge in [-0.2, -0.15) is 17.0 Å². The van der Waals surface area contributed by atoms with Crippen molar-refractivity contribution < 1.29 is 19.5 Å². The molecule has 0 aliphatic carbocycles. The molecule has 10 nitrogen and oxygen atoms in total. The van der Waals surface area contributed by atoms with Crippen LogP contribution in [0, 0.1) is 17.2 Å². The number of piperazine rings is 1. The van der Waals surface area contributed by atoms with E-state index in [0.717, 1.165) is 17.9 Å². The Labute approximate surface area is 240 Å². The number of nitrogens with zero attached hydrogens (tertiary/aromatic N) is 4. The van der Waals surface area contributed by atoms with Crippen LogP contribution in [0.3, 0.4) is 0 Å². The van der Waals surface area contributed by atoms with Gasteiger partial charge >= 0.3 is 5.97 Å². The van der Waals surface area contributed by atoms with E-state index >= 15 is 0 Å². The number of carboxylic acid groups (broad SMARTS) is 1. The lowest BCUT2D eigenvalue weighted by Crippen LogP contribution is -2.44. The summed E-state index contributed by atoms with van der Waals surface area (Å²) in [5.41, 5.74) is 1.87. The predicted molar refractivity (Wildman–Crippen MR) is 163 cm³/mol. The van der Waals surface area contributed by atoms with E-state index in [1.54, 1.807) is 22.7 Å². The van der Waals surface area contributed by atoms with Crippen molar-refractivity contribution in [2.75, 3.05) is 76.0 Å². The van der Waals surface area contributed by atoms with Crippen LogP contribution in [0.25, 0.3) is 0 Å². The maximum atomic E-state index is 10.9. The summed E-state index contributed by atoms with van der Waals surface area (Å²) in [6, 6.07) is 9.58. The second-order valence-corrected chi connectivity index (χ2v) is 10.2. The summed E-state index contributed by atoms with van der Waals surface area (Å²) in [6.07, 6.45) is 3.90. The van der Waals surface area contributed by atoms with Gasteiger partial charge in [0, 0.05) is 57.2 Å². The van der Waals surface area contributed by atoms with Crippen molar-refractivity contribution in [3.8, 4) is 6.07 Å². The summed E-state index contributed by atoms with van der Waals surface area (Å²) < 4.78 is 0. The third-order valence-corrected chi connectivity index (χ3v) is 5.97. The molecule has 0 bridgehead atoms. The maximum Gasteiger partial charge on any atom is 0.320 e. The number of benzene rings is 1. The summed E-state index contributed by atoms with van der Waals surface area (Å²) in [4.78, 5) is 37.4. The van der Waals surface area contributed by atoms with Gasteiger partial charge in [0.15, 0.2) is 0 Å². The van der Waals surface area contributed by atoms with Crippen molar-refractivity contribution in [3.05, 3.63) is 24.3 Å². The third-order valence-electron chi connectivity index (χ3n) is 5.43. The quantitative estimate of drug-likeness (QED) is 0.362. The van der Waals surface area contributed by atoms with Crippen molar-refractivity contribution in [1.82, 2.24) is 14.7 Å². The van der Waals surface area contributed by atoms with Gasteiger partial charge in [-0.15, -0.1) is 0 Å². The number of amides is 2. The van der Waals surface area contributed by atoms with Gasteiger partial charge in [0.25, 0.3) is 0 Å². The van der Waals surface area contributed by atoms with Crippen LogP contribution in [0.4, 0.5) is 11.4 Å². The van der Waals surface area contributed by atoms with Gasteiger partial charge in [-0.25, -0.2) is 0 Å². The number of nitrogens with one attached hydrogen (secondary N) is 2. The number of aliphatic carboxylic acids is 1. The number of thioether (sulfide) groups is 1. The minimum atomic E-state index is -1.07. The summed E-state index contributed by atoms with van der Waals surface area (Å²) in [7, 11) is 4.02. The topological polar surface area (TPSA) is 129 Å². The molecule has 0 saturated carbocycles. The SMILES string of the molecule is CC(C#N)C(=O)O.CC(C)Nc1ccc(NC=O)cc1.CCCN1CCN(C)CC1.CCN(C)C(=O)CSC. The molecule has 1 atom stereocenters. The van der Waals surface area contributed by atoms with Crippen LogP contribution in [0.15, 0.2) is 24.3 Å². The Balaban J connectivity index is 0. The lowest BCUT2D eigenvalue weighted by atomic mass is 10.2. The summed E-state index contributed by atoms with van der Waals surface area (Å²) in [6.45, 7) is 16.8. The lowest BCUT2D eigenvalue weighted by Gasteiger charge is -2.31. The van der Waals surface area contributed by atoms with Crippen molar-refractivity contribution in [1.29, 1.82) is 5.26 Å². The van der Waals surface area contributed by atoms with Gasteiger partial charge in [-0.1, -0.05) is 6.92 Å². The third kappa shape index (κ3) is 21.8. The van der Waals surface area contributed by atoms with Crippen LogP contribution < -0.4 is 10.6 Å². The molecule has 2 amide bonds. The Kier molecular flexibility index (Phi) is 23.8. The normalized spacial score (nSPS) is 13.5. The molecule has 0 spiro atoms. The molecule has 1 aliphatic rings. The van der Waals surface area contributed by atoms with E-state index < -0.39 is 11.9 Å². The number of nitriles is 1. The molecule has 1 saturated heterocycles. The van der Waals surface area contributed by atoms with E-state index in [0.29, 0.717) is 18.2 Å². The van der Waals surface area contributed by atoms with Crippen molar-refractivity contribution in [2.45, 2.75) is 47.1 Å². The van der Waals surface area contributed by atoms with E-state index in [2.05, 4.69) is 48.3 Å². The van der Waals surface area contributed by atoms with Crippen LogP contribution >= 0.6 is 11.8 Å². The zero-order chi connectivity index (χ0) is 30.2. The molecule has 11 heteroatoms. The number of carbonyl (C=O) groups is 3. The average molecular weight is 567 g/mol. The molecule has 0 aromatic heterocycles. The van der Waals surface area contributed by atoms with Crippen molar-refractivity contribution in [2.24, 2.45) is 5.92 Å². The van der Waals surface area contributed by atoms with Gasteiger partial charge in [0.05, 0.1) is 11.8 Å². The number of carbonyl (C=O) groups excluding carboxylic acids is 2. The van der Waals surface area contributed by atoms with Gasteiger partial charge < -0.3 is 30.4 Å². The van der Waals surface area contributed by atoms with Crippen LogP contribution in [-0.2, 0) is 14.4 Å². The summed E-state index contributed by atoms with van der Waals surface area (Å²) >= 11 is 1.56. The molecule has 39 heavy (non-hydrogen) atoms. The smallest absolute Gasteiger partial charge is 0.320 e. The highest BCUT2D eigenvalue weighted by Crippen LogP contribution is 2.13. The second-order valence-electron chi connectivity index (χ2n) is 9.31. The number of hydrogen-bond donors (Lipinski definition) is 3. The number of carboxylic acids is 1. The highest BCUT2D eigenvalue weighted by molar-refractivity contribution is 7.99. The van der Waals surface area contributed by atoms with Crippen molar-refractivity contribution >= 4 is 41.4 Å². The van der Waals surface area contributed by atoms with Crippen LogP contribution in [0.1, 0.15) is 41.0 Å². The predicted octanol–water partition coefficient (Wildman–Crippen LogP) is 3.78. The molecule has 2 rings (SSSR count). The molecule has 0 radical (unpaired) electrons. The van der Waals surface area contributed by atoms with Gasteiger partial charge in [-0.05, 0) is 78.2 Å². The molecule has 1 aliphatic heterocycles. The van der Waals surface area contributed by atoms with E-state index in [1.165, 1.54) is 46.1 Å². The first-order valence-corrected chi connectivity index (χ1v) is 14.7. The van der Waals surface area contributed by atoms with Crippen LogP contribution in [-0.4, -0.2) is 110 Å². The highest BCUT2D eigenvalue weighted by Gasteiger charge is 2.11. The Bertz CT molecular complexity index is 824. The van der Waals surface area contributed by atoms with Crippen molar-refractivity contribution in [3.63, 3.8) is 0 Å². The fourth-order valence-corrected chi connectivity index (χ4v) is 3.38. The first-order chi connectivity index (χ1) is 18.4. The second kappa shape index (κ2) is 24.2. The summed E-state index contributed by atoms with van der Waals surface area (Å²) in [5, 5.41) is 21.7. The monoisotopic (exact) mass is 566 g/mol. The fourth-order valence-electron chi connectivity index (χ4n) is 2.92. The number of rotatable bonds is 10. The highest BCUT2D eigenvalue weighted by atomic mass is 32.2. The molecule has 1 unspecified atom stereocenters. The average Bonchev–Trinajstić information content (AvgIpc) is 2.91. The molecule has 1 aromatic rings. The molecule has 1 heterocycles. The minimum absolute atomic E-state index is 0.213. The lowest BCUT2D eigenvalue weighted by molar-refractivity contribution is -0.139. The number of likely N-dealkylation sites (N-methyl/N-ethyl adjacent to an activating group) is 1. The van der Waals surface area contributed by atoms with E-state index in [1.807, 2.05) is 44.5 Å². The van der Waals surface area contributed by atoms with Crippen LogP contribution in [0.2, 0.25) is 0 Å². The fraction of sp³-hybridized carbons (Fsp3) is 0.643. The number of anilines is 2. The molecule has 3 N–H and O–H groups in total. The van der Waals surface area contributed by atoms with E-state index in [4.69, 9.17) is 10.4 Å². The largest absolute Gasteiger partial charge is 0.480 e. The molecule has 222 valence electrons. The maximum absolute atomic E-state index is 10.9. The number of hydrogen-bond acceptors (Lipinski definition) is 8. The summed E-state index contributed by atoms with van der Waals surface area (Å²) in [5.74, 6) is -1.13.